The second-order valence-electron chi connectivity index (χ2n) is 35.7. The molecule has 4 rings (SSSR count). The normalized spacial score (nSPS) is 16.5. The van der Waals surface area contributed by atoms with Crippen LogP contribution in [0.5, 0.6) is 0 Å². The van der Waals surface area contributed by atoms with Crippen LogP contribution in [0.25, 0.3) is 0 Å². The summed E-state index contributed by atoms with van der Waals surface area (Å²) in [5, 5.41) is 18.9. The first-order chi connectivity index (χ1) is 48.0. The Morgan fingerprint density at radius 1 is 0.472 bits per heavy atom. The predicted octanol–water partition coefficient (Wildman–Crippen LogP) is 26.6. The molecule has 6 unspecified atom stereocenters. The molecule has 2 N–H and O–H groups in total. The molecule has 3 radical (unpaired) electrons. The summed E-state index contributed by atoms with van der Waals surface area (Å²) < 4.78 is 12.7. The molecule has 108 heavy (non-hydrogen) atoms. The molecule has 0 bridgehead atoms. The van der Waals surface area contributed by atoms with E-state index in [1.54, 1.807) is 12.5 Å². The summed E-state index contributed by atoms with van der Waals surface area (Å²) in [5.41, 5.74) is 5.54. The zero-order valence-electron chi connectivity index (χ0n) is 78.5. The maximum absolute atomic E-state index is 12.7. The molecule has 1 aromatic rings. The van der Waals surface area contributed by atoms with Crippen LogP contribution in [-0.4, -0.2) is 106 Å². The Balaban J connectivity index is -0.000000144. The van der Waals surface area contributed by atoms with Crippen LogP contribution in [0.2, 0.25) is 0 Å². The molecule has 3 aliphatic rings. The molecule has 2 heterocycles. The molecule has 5 nitrogen and oxygen atoms in total. The number of allylic oxidation sites excluding steroid dienone is 10. The zero-order valence-corrected chi connectivity index (χ0v) is 87.7. The van der Waals surface area contributed by atoms with Gasteiger partial charge in [-0.05, 0) is 131 Å². The van der Waals surface area contributed by atoms with E-state index in [2.05, 4.69) is 287 Å². The van der Waals surface area contributed by atoms with Crippen molar-refractivity contribution in [2.24, 2.45) is 101 Å². The molecule has 2 aliphatic heterocycles. The molecule has 10 heteroatoms. The number of aliphatic hydroxyl groups is 2. The van der Waals surface area contributed by atoms with E-state index in [1.807, 2.05) is 107 Å². The summed E-state index contributed by atoms with van der Waals surface area (Å²) in [6, 6.07) is 11.1. The van der Waals surface area contributed by atoms with Crippen LogP contribution in [0.1, 0.15) is 313 Å². The molecule has 6 atom stereocenters. The van der Waals surface area contributed by atoms with Crippen molar-refractivity contribution in [1.29, 1.82) is 0 Å². The fourth-order valence-electron chi connectivity index (χ4n) is 9.38. The van der Waals surface area contributed by atoms with Gasteiger partial charge in [-0.25, -0.2) is 4.39 Å². The number of aliphatic hydroxyl groups excluding tert-OH is 1. The van der Waals surface area contributed by atoms with Gasteiger partial charge in [0.05, 0.1) is 11.0 Å². The van der Waals surface area contributed by atoms with Crippen LogP contribution < -0.4 is 0 Å². The average Bonchev–Trinajstić information content (AvgIpc) is 1.65. The molecule has 623 valence electrons. The largest absolute Gasteiger partial charge is 0.390 e. The summed E-state index contributed by atoms with van der Waals surface area (Å²) in [4.78, 5) is 7.60. The van der Waals surface area contributed by atoms with E-state index in [4.69, 9.17) is 24.8 Å². The van der Waals surface area contributed by atoms with Gasteiger partial charge < -0.3 is 83.1 Å². The van der Waals surface area contributed by atoms with E-state index in [1.165, 1.54) is 50.3 Å². The van der Waals surface area contributed by atoms with Gasteiger partial charge in [-0.3, -0.25) is 14.7 Å². The molecule has 1 saturated carbocycles. The summed E-state index contributed by atoms with van der Waals surface area (Å²) >= 11 is 6.05. The standard InChI is InChI=1S/C12H18.C10H22N2.C10H19N.3C10H16.C9H19ClO.C9H15F.C9H16O.C9H18.3Y/c2*1-9(2)11-5-7-12(8-6-11)10(3)4;1-8(2)10-5-6-11(7-10)9(3)4;2*1-8(2)6-7-10(5)9(3)4;1-9(2)7-5-6-8-10(3)4;1-6(2)8(10)9(5,11)7(3)4;2*1-7(2)5-6-9(10)8(3)4;1-6(2)8-5-9(8)7(3)4;;;/h5-10H,1-4H3;9-10H,5-8H2,1-4H3;5,8-9H,6-7H2,1-4H3;2*5,7-9H,1-4H3;5-6,9-10H,1-4H3;6-8,11H,1-5H3;7-9H,1-4H3;7-10H,1-4H3;6-9H,5H2,1-4H3;;;/q;;;3*-2;;;;;;;. The number of hydrogen-bond acceptors (Lipinski definition) is 5. The van der Waals surface area contributed by atoms with Crippen LogP contribution in [0.3, 0.4) is 0 Å². The van der Waals surface area contributed by atoms with E-state index in [0.717, 1.165) is 59.4 Å². The Morgan fingerprint density at radius 2 is 0.787 bits per heavy atom. The molecule has 1 aromatic carbocycles. The van der Waals surface area contributed by atoms with Gasteiger partial charge in [0.2, 0.25) is 0 Å². The molecular weight excluding hydrogens is 1570 g/mol. The topological polar surface area (TPSA) is 50.2 Å². The van der Waals surface area contributed by atoms with E-state index < -0.39 is 17.9 Å². The molecule has 0 spiro atoms. The van der Waals surface area contributed by atoms with Crippen molar-refractivity contribution in [2.45, 2.75) is 344 Å². The first-order valence-electron chi connectivity index (χ1n) is 41.3. The van der Waals surface area contributed by atoms with Gasteiger partial charge in [-0.1, -0.05) is 295 Å². The average molecular weight is 1750 g/mol. The van der Waals surface area contributed by atoms with Gasteiger partial charge >= 0.3 is 0 Å². The third-order valence-electron chi connectivity index (χ3n) is 18.1. The van der Waals surface area contributed by atoms with Gasteiger partial charge in [-0.15, -0.1) is 47.1 Å². The van der Waals surface area contributed by atoms with Crippen molar-refractivity contribution in [3.8, 4) is 23.7 Å². The fraction of sp³-hybridized carbons (Fsp3) is 0.755. The summed E-state index contributed by atoms with van der Waals surface area (Å²) in [5.74, 6) is 21.3. The Kier molecular flexibility index (Phi) is 84.1. The first-order valence-corrected chi connectivity index (χ1v) is 41.8. The van der Waals surface area contributed by atoms with Crippen molar-refractivity contribution >= 4 is 11.6 Å². The number of rotatable bonds is 22. The van der Waals surface area contributed by atoms with Gasteiger partial charge in [0, 0.05) is 167 Å². The smallest absolute Gasteiger partial charge is 0.162 e. The zero-order chi connectivity index (χ0) is 83.5. The van der Waals surface area contributed by atoms with E-state index in [-0.39, 0.29) is 127 Å². The monoisotopic (exact) mass is 1750 g/mol. The molecule has 2 fully saturated rings. The van der Waals surface area contributed by atoms with Crippen LogP contribution in [-0.2, 0) is 98.1 Å². The minimum atomic E-state index is -0.956. The van der Waals surface area contributed by atoms with Gasteiger partial charge in [-0.2, -0.15) is 0 Å². The van der Waals surface area contributed by atoms with Crippen molar-refractivity contribution in [3.63, 3.8) is 0 Å². The molecule has 0 amide bonds. The minimum absolute atomic E-state index is 0. The Hall–Kier alpha value is -0.148. The van der Waals surface area contributed by atoms with Crippen molar-refractivity contribution in [3.05, 3.63) is 120 Å². The second-order valence-corrected chi connectivity index (χ2v) is 36.2. The maximum Gasteiger partial charge on any atom is 0.162 e. The number of hydrogen-bond donors (Lipinski definition) is 2. The third-order valence-corrected chi connectivity index (χ3v) is 19.1. The SMILES string of the molecule is CC(C)C#CC(F)C(C)C.CC(C)C#CC(O)C(C)C.CC(C)C(Cl)C(C)(O)C(C)C.CC(C)C1=CCN(C(C)C)C1.CC(C)C1CC1C(C)C.CC(C)N1CCN(C(C)C)CC1.CC(C)[C-]=CC=[C-]C(C)C.CC(C)c1ccc(C(C)C)cc1.[CH-]=C(C=[C-]C(C)C)C(C)C.[CH-]=C(C=[C-]C(C)C)C(C)C.[Y].[Y].[Y]. The van der Waals surface area contributed by atoms with E-state index in [0.29, 0.717) is 65.2 Å². The quantitative estimate of drug-likeness (QED) is 0.0398. The van der Waals surface area contributed by atoms with E-state index in [9.17, 15) is 14.6 Å². The van der Waals surface area contributed by atoms with E-state index >= 15 is 0 Å². The van der Waals surface area contributed by atoms with Gasteiger partial charge in [0.25, 0.3) is 0 Å². The summed E-state index contributed by atoms with van der Waals surface area (Å²) in [6.07, 6.45) is 22.7. The Labute approximate surface area is 758 Å². The number of halogens is 2. The molecule has 1 aliphatic carbocycles. The predicted molar refractivity (Wildman–Crippen MR) is 471 cm³/mol. The van der Waals surface area contributed by atoms with Gasteiger partial charge in [0.1, 0.15) is 6.10 Å². The second kappa shape index (κ2) is 72.1. The van der Waals surface area contributed by atoms with Crippen molar-refractivity contribution in [1.82, 2.24) is 14.7 Å². The van der Waals surface area contributed by atoms with Gasteiger partial charge in [0.15, 0.2) is 6.17 Å². The van der Waals surface area contributed by atoms with Crippen LogP contribution >= 0.6 is 11.6 Å². The number of nitrogens with zero attached hydrogens (tertiary/aromatic N) is 3. The van der Waals surface area contributed by atoms with Crippen LogP contribution in [0, 0.1) is 162 Å². The maximum atomic E-state index is 12.7. The Bertz CT molecular complexity index is 2420. The molecular formula is C98H175ClFN3O2Y3-6. The fourth-order valence-corrected chi connectivity index (χ4v) is 9.63. The van der Waals surface area contributed by atoms with Crippen LogP contribution in [0.4, 0.5) is 4.39 Å². The molecule has 0 aromatic heterocycles. The third kappa shape index (κ3) is 73.5. The number of benzene rings is 1. The number of piperazine rings is 1. The Morgan fingerprint density at radius 3 is 0.972 bits per heavy atom. The molecule has 1 saturated heterocycles. The number of alkyl halides is 2. The minimum Gasteiger partial charge on any atom is -0.390 e. The van der Waals surface area contributed by atoms with Crippen LogP contribution in [0.15, 0.2) is 71.4 Å². The summed E-state index contributed by atoms with van der Waals surface area (Å²) in [7, 11) is 0. The first kappa shape index (κ1) is 126. The van der Waals surface area contributed by atoms with Crippen molar-refractivity contribution < 1.29 is 113 Å². The van der Waals surface area contributed by atoms with Crippen molar-refractivity contribution in [2.75, 3.05) is 39.3 Å². The summed E-state index contributed by atoms with van der Waals surface area (Å²) in [6.45, 7) is 106.